The van der Waals surface area contributed by atoms with E-state index >= 15 is 0 Å². The van der Waals surface area contributed by atoms with E-state index in [9.17, 15) is 0 Å². The predicted octanol–water partition coefficient (Wildman–Crippen LogP) is 10.3. The number of hydrogen-bond acceptors (Lipinski definition) is 6. The Labute approximate surface area is 347 Å². The normalized spacial score (nSPS) is 21.2. The molecule has 2 aliphatic rings. The van der Waals surface area contributed by atoms with Gasteiger partial charge in [0.2, 0.25) is 5.79 Å². The third-order valence-corrected chi connectivity index (χ3v) is 11.5. The molecule has 0 radical (unpaired) electrons. The molecule has 0 bridgehead atoms. The molecule has 0 amide bonds. The zero-order valence-electron chi connectivity index (χ0n) is 33.5. The van der Waals surface area contributed by atoms with Crippen molar-refractivity contribution in [2.75, 3.05) is 6.61 Å². The molecule has 7 heteroatoms. The van der Waals surface area contributed by atoms with Crippen LogP contribution in [0.3, 0.4) is 0 Å². The monoisotopic (exact) mass is 785 g/mol. The van der Waals surface area contributed by atoms with Gasteiger partial charge < -0.3 is 33.0 Å². The summed E-state index contributed by atoms with van der Waals surface area (Å²) in [7, 11) is 0. The first-order chi connectivity index (χ1) is 29.1. The Morgan fingerprint density at radius 1 is 0.576 bits per heavy atom. The van der Waals surface area contributed by atoms with E-state index in [-0.39, 0.29) is 6.61 Å². The van der Waals surface area contributed by atoms with Gasteiger partial charge in [-0.2, -0.15) is 0 Å². The summed E-state index contributed by atoms with van der Waals surface area (Å²) in [6.07, 6.45) is 0.693. The van der Waals surface area contributed by atoms with Crippen LogP contribution in [-0.2, 0) is 80.2 Å². The average molecular weight is 786 g/mol. The van der Waals surface area contributed by atoms with E-state index in [2.05, 4.69) is 109 Å². The summed E-state index contributed by atoms with van der Waals surface area (Å²) in [4.78, 5) is 0. The van der Waals surface area contributed by atoms with Crippen LogP contribution in [0.2, 0.25) is 0 Å². The number of hydrogen-bond donors (Lipinski definition) is 0. The smallest absolute Gasteiger partial charge is 0.226 e. The van der Waals surface area contributed by atoms with Gasteiger partial charge in [0.1, 0.15) is 24.4 Å². The van der Waals surface area contributed by atoms with Gasteiger partial charge >= 0.3 is 0 Å². The summed E-state index contributed by atoms with van der Waals surface area (Å²) in [5.41, 5.74) is 9.89. The van der Waals surface area contributed by atoms with Gasteiger partial charge in [-0.25, -0.2) is 0 Å². The molecule has 1 saturated heterocycles. The minimum Gasteiger partial charge on any atom is -0.374 e. The Hall–Kier alpha value is -5.38. The molecule has 3 heterocycles. The van der Waals surface area contributed by atoms with Crippen LogP contribution >= 0.6 is 0 Å². The largest absolute Gasteiger partial charge is 0.374 e. The van der Waals surface area contributed by atoms with Gasteiger partial charge in [0, 0.05) is 23.8 Å². The minimum absolute atomic E-state index is 0.248. The van der Waals surface area contributed by atoms with Crippen molar-refractivity contribution in [3.05, 3.63) is 214 Å². The van der Waals surface area contributed by atoms with Crippen LogP contribution in [0, 0.1) is 0 Å². The number of ether oxygens (including phenoxy) is 6. The Balaban J connectivity index is 1.13. The van der Waals surface area contributed by atoms with Gasteiger partial charge in [-0.3, -0.25) is 0 Å². The van der Waals surface area contributed by atoms with Gasteiger partial charge in [-0.1, -0.05) is 153 Å². The highest BCUT2D eigenvalue weighted by molar-refractivity contribution is 5.82. The van der Waals surface area contributed by atoms with Crippen LogP contribution < -0.4 is 0 Å². The molecule has 2 aliphatic heterocycles. The molecule has 5 atom stereocenters. The van der Waals surface area contributed by atoms with E-state index in [1.807, 2.05) is 72.8 Å². The number of benzene rings is 6. The molecular formula is C52H51NO6. The first-order valence-electron chi connectivity index (χ1n) is 20.8. The number of aryl methyl sites for hydroxylation is 1. The maximum Gasteiger partial charge on any atom is 0.226 e. The minimum atomic E-state index is -1.33. The zero-order chi connectivity index (χ0) is 39.9. The summed E-state index contributed by atoms with van der Waals surface area (Å²) in [6.45, 7) is 4.99. The van der Waals surface area contributed by atoms with Crippen molar-refractivity contribution in [1.29, 1.82) is 0 Å². The third kappa shape index (κ3) is 8.82. The van der Waals surface area contributed by atoms with Crippen LogP contribution in [-0.4, -0.2) is 35.6 Å². The Kier molecular flexibility index (Phi) is 12.1. The van der Waals surface area contributed by atoms with Crippen molar-refractivity contribution in [3.63, 3.8) is 0 Å². The molecule has 1 aromatic heterocycles. The van der Waals surface area contributed by atoms with E-state index in [1.165, 1.54) is 11.1 Å². The molecule has 0 aliphatic carbocycles. The van der Waals surface area contributed by atoms with Gasteiger partial charge in [0.25, 0.3) is 0 Å². The molecule has 300 valence electrons. The fraction of sp³-hybridized carbons (Fsp3) is 0.269. The number of fused-ring (bicyclic) bond motifs is 3. The first-order valence-corrected chi connectivity index (χ1v) is 20.8. The lowest BCUT2D eigenvalue weighted by atomic mass is 9.86. The molecule has 1 spiro atoms. The highest BCUT2D eigenvalue weighted by atomic mass is 16.7. The molecule has 7 nitrogen and oxygen atoms in total. The van der Waals surface area contributed by atoms with Crippen molar-refractivity contribution in [2.24, 2.45) is 0 Å². The third-order valence-electron chi connectivity index (χ3n) is 11.5. The second kappa shape index (κ2) is 18.3. The van der Waals surface area contributed by atoms with Crippen molar-refractivity contribution in [2.45, 2.75) is 83.1 Å². The Bertz CT molecular complexity index is 2390. The number of nitrogens with zero attached hydrogens (tertiary/aromatic N) is 1. The number of aromatic nitrogens is 1. The van der Waals surface area contributed by atoms with Crippen molar-refractivity contribution >= 4 is 10.9 Å². The van der Waals surface area contributed by atoms with E-state index < -0.39 is 30.2 Å². The van der Waals surface area contributed by atoms with E-state index in [4.69, 9.17) is 28.4 Å². The molecule has 1 fully saturated rings. The fourth-order valence-corrected chi connectivity index (χ4v) is 8.38. The van der Waals surface area contributed by atoms with Gasteiger partial charge in [-0.05, 0) is 69.0 Å². The van der Waals surface area contributed by atoms with Gasteiger partial charge in [0.05, 0.1) is 39.6 Å². The van der Waals surface area contributed by atoms with Crippen LogP contribution in [0.15, 0.2) is 170 Å². The summed E-state index contributed by atoms with van der Waals surface area (Å²) >= 11 is 0. The summed E-state index contributed by atoms with van der Waals surface area (Å²) in [6, 6.07) is 56.5. The van der Waals surface area contributed by atoms with E-state index in [1.54, 1.807) is 0 Å². The quantitative estimate of drug-likeness (QED) is 0.0973. The number of rotatable bonds is 16. The molecule has 6 aromatic carbocycles. The Morgan fingerprint density at radius 2 is 1.12 bits per heavy atom. The van der Waals surface area contributed by atoms with Crippen LogP contribution in [0.25, 0.3) is 10.9 Å². The molecule has 0 saturated carbocycles. The first kappa shape index (κ1) is 39.1. The molecule has 0 N–H and O–H groups in total. The summed E-state index contributed by atoms with van der Waals surface area (Å²) in [5.74, 6) is -1.33. The van der Waals surface area contributed by atoms with E-state index in [0.717, 1.165) is 57.2 Å². The van der Waals surface area contributed by atoms with Gasteiger partial charge in [-0.15, -0.1) is 0 Å². The SMILES string of the molecule is CCc1ccc(Cn2ccc3cc4c(cc32)[C@]2(OC4)O[C@H](COCc3ccccc3)[C@@H](OCc3ccccc3)[C@H](OCc3ccccc3)[C@H]2OCc2ccccc2)cc1. The highest BCUT2D eigenvalue weighted by Gasteiger charge is 2.61. The van der Waals surface area contributed by atoms with Crippen LogP contribution in [0.5, 0.6) is 0 Å². The standard InChI is InChI=1S/C52H51NO6/c1-2-38-23-25-39(26-24-38)31-53-28-27-44-29-45-36-58-52(46(45)30-47(44)53)51(57-35-43-21-13-6-14-22-43)50(56-34-42-19-11-5-12-20-42)49(55-33-41-17-9-4-10-18-41)48(59-52)37-54-32-40-15-7-3-8-16-40/h3-30,48-51H,2,31-37H2,1H3/t48-,49-,50+,51-,52+/m1/s1. The fourth-order valence-electron chi connectivity index (χ4n) is 8.38. The molecule has 7 aromatic rings. The summed E-state index contributed by atoms with van der Waals surface area (Å²) in [5, 5.41) is 1.15. The lowest BCUT2D eigenvalue weighted by Gasteiger charge is -2.51. The highest BCUT2D eigenvalue weighted by Crippen LogP contribution is 2.50. The molecule has 0 unspecified atom stereocenters. The lowest BCUT2D eigenvalue weighted by molar-refractivity contribution is -0.387. The van der Waals surface area contributed by atoms with E-state index in [0.29, 0.717) is 33.0 Å². The average Bonchev–Trinajstić information content (AvgIpc) is 3.85. The second-order valence-corrected chi connectivity index (χ2v) is 15.5. The van der Waals surface area contributed by atoms with Crippen molar-refractivity contribution in [1.82, 2.24) is 4.57 Å². The molecule has 59 heavy (non-hydrogen) atoms. The lowest BCUT2D eigenvalue weighted by Crippen LogP contribution is -2.65. The summed E-state index contributed by atoms with van der Waals surface area (Å²) < 4.78 is 44.4. The topological polar surface area (TPSA) is 60.3 Å². The van der Waals surface area contributed by atoms with Crippen molar-refractivity contribution < 1.29 is 28.4 Å². The molecular weight excluding hydrogens is 735 g/mol. The molecule has 9 rings (SSSR count). The Morgan fingerprint density at radius 3 is 1.71 bits per heavy atom. The van der Waals surface area contributed by atoms with Crippen LogP contribution in [0.1, 0.15) is 51.4 Å². The zero-order valence-corrected chi connectivity index (χ0v) is 33.5. The maximum atomic E-state index is 7.41. The predicted molar refractivity (Wildman–Crippen MR) is 229 cm³/mol. The second-order valence-electron chi connectivity index (χ2n) is 15.5. The van der Waals surface area contributed by atoms with Crippen LogP contribution in [0.4, 0.5) is 0 Å². The van der Waals surface area contributed by atoms with Crippen molar-refractivity contribution in [3.8, 4) is 0 Å². The maximum absolute atomic E-state index is 7.41. The van der Waals surface area contributed by atoms with Gasteiger partial charge in [0.15, 0.2) is 0 Å².